The maximum atomic E-state index is 12.7. The van der Waals surface area contributed by atoms with E-state index in [0.717, 1.165) is 0 Å². The van der Waals surface area contributed by atoms with Gasteiger partial charge < -0.3 is 14.4 Å². The number of nitrogens with one attached hydrogen (secondary N) is 1. The van der Waals surface area contributed by atoms with Gasteiger partial charge in [0.1, 0.15) is 24.2 Å². The van der Waals surface area contributed by atoms with Crippen molar-refractivity contribution in [1.29, 1.82) is 0 Å². The Morgan fingerprint density at radius 3 is 2.80 bits per heavy atom. The highest BCUT2D eigenvalue weighted by molar-refractivity contribution is 5.63. The predicted molar refractivity (Wildman–Crippen MR) is 104 cm³/mol. The van der Waals surface area contributed by atoms with Gasteiger partial charge in [0.05, 0.1) is 0 Å². The highest BCUT2D eigenvalue weighted by Crippen LogP contribution is 2.31. The maximum absolute atomic E-state index is 12.7. The second kappa shape index (κ2) is 7.37. The van der Waals surface area contributed by atoms with Crippen molar-refractivity contribution < 1.29 is 14.4 Å². The lowest BCUT2D eigenvalue weighted by molar-refractivity contribution is 0.158. The largest absolute Gasteiger partial charge is 0.468 e. The van der Waals surface area contributed by atoms with Crippen LogP contribution in [-0.4, -0.2) is 51.4 Å². The van der Waals surface area contributed by atoms with Gasteiger partial charge in [-0.25, -0.2) is 14.6 Å². The molecule has 12 heteroatoms. The Kier molecular flexibility index (Phi) is 4.86. The van der Waals surface area contributed by atoms with Gasteiger partial charge in [-0.3, -0.25) is 9.48 Å². The van der Waals surface area contributed by atoms with E-state index in [9.17, 15) is 9.90 Å². The fraction of sp³-hybridized carbons (Fsp3) is 0.444. The number of ether oxygens (including phenoxy) is 1. The van der Waals surface area contributed by atoms with Crippen LogP contribution < -0.4 is 10.3 Å². The summed E-state index contributed by atoms with van der Waals surface area (Å²) in [6.07, 6.45) is 1.78. The number of H-pyrrole nitrogens is 1. The Labute approximate surface area is 170 Å². The Morgan fingerprint density at radius 1 is 1.37 bits per heavy atom. The average Bonchev–Trinajstić information content (AvgIpc) is 3.40. The lowest BCUT2D eigenvalue weighted by Crippen LogP contribution is -2.22. The highest BCUT2D eigenvalue weighted by Gasteiger charge is 2.28. The summed E-state index contributed by atoms with van der Waals surface area (Å²) in [6, 6.07) is 1.69. The van der Waals surface area contributed by atoms with Gasteiger partial charge in [-0.1, -0.05) is 19.0 Å². The Bertz CT molecular complexity index is 1250. The normalized spacial score (nSPS) is 12.0. The van der Waals surface area contributed by atoms with Crippen LogP contribution in [0, 0.1) is 12.3 Å². The van der Waals surface area contributed by atoms with Gasteiger partial charge in [-0.15, -0.1) is 10.2 Å². The van der Waals surface area contributed by atoms with Gasteiger partial charge in [-0.2, -0.15) is 5.10 Å². The molecular formula is C18H22N8O4. The third kappa shape index (κ3) is 3.56. The molecule has 0 amide bonds. The summed E-state index contributed by atoms with van der Waals surface area (Å²) in [5.41, 5.74) is 0.316. The molecule has 2 N–H and O–H groups in total. The van der Waals surface area contributed by atoms with E-state index in [0.29, 0.717) is 35.1 Å². The summed E-state index contributed by atoms with van der Waals surface area (Å²) in [6.45, 7) is 5.57. The smallest absolute Gasteiger partial charge is 0.290 e. The molecule has 0 unspecified atom stereocenters. The first kappa shape index (κ1) is 19.8. The Morgan fingerprint density at radius 2 is 2.17 bits per heavy atom. The van der Waals surface area contributed by atoms with E-state index < -0.39 is 11.0 Å². The van der Waals surface area contributed by atoms with Crippen molar-refractivity contribution in [2.75, 3.05) is 6.61 Å². The summed E-state index contributed by atoms with van der Waals surface area (Å²) in [4.78, 5) is 16.8. The number of fused-ring (bicyclic) bond motifs is 1. The molecule has 158 valence electrons. The van der Waals surface area contributed by atoms with E-state index >= 15 is 0 Å². The molecule has 0 atom stereocenters. The minimum absolute atomic E-state index is 0.0780. The van der Waals surface area contributed by atoms with Crippen molar-refractivity contribution in [3.05, 3.63) is 39.9 Å². The molecule has 0 aromatic carbocycles. The number of aromatic amines is 1. The van der Waals surface area contributed by atoms with Crippen LogP contribution in [0.2, 0.25) is 0 Å². The van der Waals surface area contributed by atoms with Gasteiger partial charge in [0.15, 0.2) is 11.5 Å². The highest BCUT2D eigenvalue weighted by atomic mass is 16.5. The monoisotopic (exact) mass is 414 g/mol. The zero-order valence-electron chi connectivity index (χ0n) is 17.1. The Hall–Kier alpha value is -3.54. The third-order valence-corrected chi connectivity index (χ3v) is 4.71. The molecule has 12 nitrogen and oxygen atoms in total. The van der Waals surface area contributed by atoms with Crippen molar-refractivity contribution in [3.63, 3.8) is 0 Å². The van der Waals surface area contributed by atoms with Crippen LogP contribution in [0.5, 0.6) is 5.88 Å². The number of aliphatic hydroxyl groups is 1. The molecule has 0 bridgehead atoms. The topological polar surface area (TPSA) is 149 Å². The summed E-state index contributed by atoms with van der Waals surface area (Å²) < 4.78 is 14.0. The molecule has 0 radical (unpaired) electrons. The van der Waals surface area contributed by atoms with Crippen molar-refractivity contribution in [2.24, 2.45) is 12.5 Å². The van der Waals surface area contributed by atoms with E-state index in [1.54, 1.807) is 24.7 Å². The Balaban J connectivity index is 1.86. The first-order valence-electron chi connectivity index (χ1n) is 9.29. The molecule has 4 aromatic rings. The fourth-order valence-corrected chi connectivity index (χ4v) is 3.05. The zero-order chi connectivity index (χ0) is 21.5. The predicted octanol–water partition coefficient (Wildman–Crippen LogP) is 0.650. The molecule has 0 aliphatic heterocycles. The van der Waals surface area contributed by atoms with Crippen LogP contribution in [0.4, 0.5) is 0 Å². The standard InChI is InChI=1S/C18H22N8O4/c1-10-5-12(24-30-10)15-21-22-16(28)14-11(6-18(2,3)8-27)17(23-26(14)15)29-7-13-19-9-20-25(13)4/h5,9,27H,6-8H2,1-4H3,(H,22,28). The molecule has 0 aliphatic carbocycles. The molecule has 4 aromatic heterocycles. The lowest BCUT2D eigenvalue weighted by Gasteiger charge is -2.21. The van der Waals surface area contributed by atoms with E-state index in [4.69, 9.17) is 9.26 Å². The number of hydrogen-bond acceptors (Lipinski definition) is 9. The minimum atomic E-state index is -0.507. The van der Waals surface area contributed by atoms with Gasteiger partial charge in [-0.05, 0) is 18.8 Å². The molecule has 0 fully saturated rings. The number of aryl methyl sites for hydroxylation is 2. The average molecular weight is 414 g/mol. The molecule has 0 saturated heterocycles. The molecule has 4 heterocycles. The molecule has 0 spiro atoms. The summed E-state index contributed by atoms with van der Waals surface area (Å²) in [7, 11) is 1.75. The molecule has 0 saturated carbocycles. The van der Waals surface area contributed by atoms with E-state index in [-0.39, 0.29) is 24.6 Å². The SMILES string of the molecule is Cc1cc(-c2n[nH]c(=O)c3c(CC(C)(C)CO)c(OCc4ncnn4C)nn23)no1. The molecule has 4 rings (SSSR count). The van der Waals surface area contributed by atoms with Crippen molar-refractivity contribution in [2.45, 2.75) is 33.8 Å². The van der Waals surface area contributed by atoms with Crippen LogP contribution in [0.15, 0.2) is 21.7 Å². The van der Waals surface area contributed by atoms with Gasteiger partial charge in [0, 0.05) is 25.3 Å². The van der Waals surface area contributed by atoms with Crippen LogP contribution >= 0.6 is 0 Å². The van der Waals surface area contributed by atoms with Gasteiger partial charge in [0.2, 0.25) is 11.7 Å². The van der Waals surface area contributed by atoms with E-state index in [1.165, 1.54) is 10.8 Å². The second-order valence-corrected chi connectivity index (χ2v) is 7.83. The number of rotatable bonds is 7. The van der Waals surface area contributed by atoms with Crippen molar-refractivity contribution >= 4 is 5.52 Å². The minimum Gasteiger partial charge on any atom is -0.468 e. The molecule has 0 aliphatic rings. The lowest BCUT2D eigenvalue weighted by atomic mass is 9.87. The zero-order valence-corrected chi connectivity index (χ0v) is 17.1. The first-order valence-corrected chi connectivity index (χ1v) is 9.29. The van der Waals surface area contributed by atoms with Gasteiger partial charge in [0.25, 0.3) is 5.56 Å². The van der Waals surface area contributed by atoms with Crippen molar-refractivity contribution in [3.8, 4) is 17.4 Å². The van der Waals surface area contributed by atoms with Crippen LogP contribution in [-0.2, 0) is 20.1 Å². The quantitative estimate of drug-likeness (QED) is 0.444. The molecule has 30 heavy (non-hydrogen) atoms. The number of hydrogen-bond donors (Lipinski definition) is 2. The number of aromatic nitrogens is 8. The first-order chi connectivity index (χ1) is 14.3. The van der Waals surface area contributed by atoms with E-state index in [2.05, 4.69) is 30.5 Å². The second-order valence-electron chi connectivity index (χ2n) is 7.83. The number of nitrogens with zero attached hydrogens (tertiary/aromatic N) is 7. The summed E-state index contributed by atoms with van der Waals surface area (Å²) in [5, 5.41) is 28.8. The maximum Gasteiger partial charge on any atom is 0.290 e. The van der Waals surface area contributed by atoms with Crippen molar-refractivity contribution in [1.82, 2.24) is 39.7 Å². The number of aliphatic hydroxyl groups excluding tert-OH is 1. The third-order valence-electron chi connectivity index (χ3n) is 4.71. The summed E-state index contributed by atoms with van der Waals surface area (Å²) >= 11 is 0. The van der Waals surface area contributed by atoms with Crippen LogP contribution in [0.3, 0.4) is 0 Å². The van der Waals surface area contributed by atoms with Crippen LogP contribution in [0.1, 0.15) is 31.0 Å². The molecular weight excluding hydrogens is 392 g/mol. The van der Waals surface area contributed by atoms with E-state index in [1.807, 2.05) is 13.8 Å². The van der Waals surface area contributed by atoms with Gasteiger partial charge >= 0.3 is 0 Å². The summed E-state index contributed by atoms with van der Waals surface area (Å²) in [5.74, 6) is 1.75. The van der Waals surface area contributed by atoms with Crippen LogP contribution in [0.25, 0.3) is 17.0 Å². The fourth-order valence-electron chi connectivity index (χ4n) is 3.05.